The van der Waals surface area contributed by atoms with Crippen LogP contribution in [-0.2, 0) is 16.0 Å². The van der Waals surface area contributed by atoms with Gasteiger partial charge in [0, 0.05) is 5.69 Å². The number of hydrogen-bond donors (Lipinski definition) is 2. The molecule has 164 valence electrons. The maximum atomic E-state index is 13.0. The molecule has 3 amide bonds. The van der Waals surface area contributed by atoms with Crippen molar-refractivity contribution >= 4 is 23.7 Å². The van der Waals surface area contributed by atoms with E-state index < -0.39 is 35.8 Å². The summed E-state index contributed by atoms with van der Waals surface area (Å²) >= 11 is 0. The van der Waals surface area contributed by atoms with Crippen LogP contribution in [0.25, 0.3) is 0 Å². The van der Waals surface area contributed by atoms with E-state index in [1.165, 1.54) is 0 Å². The number of imide groups is 1. The second-order valence-electron chi connectivity index (χ2n) is 7.91. The Hall–Kier alpha value is -3.42. The second kappa shape index (κ2) is 8.75. The van der Waals surface area contributed by atoms with Crippen LogP contribution in [0, 0.1) is 13.8 Å². The van der Waals surface area contributed by atoms with Crippen LogP contribution in [0.1, 0.15) is 57.9 Å². The predicted octanol–water partition coefficient (Wildman–Crippen LogP) is 2.93. The average molecular weight is 425 g/mol. The van der Waals surface area contributed by atoms with Gasteiger partial charge in [0.1, 0.15) is 5.54 Å². The quantitative estimate of drug-likeness (QED) is 0.384. The molecule has 8 heteroatoms. The minimum Gasteiger partial charge on any atom is -0.462 e. The van der Waals surface area contributed by atoms with Crippen LogP contribution in [0.5, 0.6) is 0 Å². The van der Waals surface area contributed by atoms with Gasteiger partial charge in [0.15, 0.2) is 5.78 Å². The van der Waals surface area contributed by atoms with Crippen molar-refractivity contribution < 1.29 is 23.9 Å². The van der Waals surface area contributed by atoms with Gasteiger partial charge in [-0.15, -0.1) is 0 Å². The molecule has 2 heterocycles. The van der Waals surface area contributed by atoms with Crippen molar-refractivity contribution in [2.24, 2.45) is 0 Å². The molecule has 1 fully saturated rings. The van der Waals surface area contributed by atoms with E-state index in [-0.39, 0.29) is 12.3 Å². The molecule has 1 aromatic carbocycles. The maximum Gasteiger partial charge on any atom is 0.340 e. The highest BCUT2D eigenvalue weighted by Gasteiger charge is 2.48. The average Bonchev–Trinajstić information content (AvgIpc) is 3.15. The van der Waals surface area contributed by atoms with E-state index in [9.17, 15) is 19.2 Å². The number of aromatic amines is 1. The molecule has 1 atom stereocenters. The summed E-state index contributed by atoms with van der Waals surface area (Å²) in [5.41, 5.74) is 1.42. The Morgan fingerprint density at radius 1 is 1.13 bits per heavy atom. The number of benzene rings is 1. The summed E-state index contributed by atoms with van der Waals surface area (Å²) < 4.78 is 5.04. The lowest BCUT2D eigenvalue weighted by Gasteiger charge is -2.21. The minimum atomic E-state index is -1.08. The summed E-state index contributed by atoms with van der Waals surface area (Å²) in [7, 11) is 0. The van der Waals surface area contributed by atoms with Gasteiger partial charge in [0.05, 0.1) is 24.4 Å². The van der Waals surface area contributed by atoms with Gasteiger partial charge in [-0.2, -0.15) is 0 Å². The number of rotatable bonds is 8. The first-order valence-corrected chi connectivity index (χ1v) is 10.3. The number of Topliss-reactive ketones (excluding diaryl/α,β-unsaturated/α-hetero) is 1. The van der Waals surface area contributed by atoms with Crippen LogP contribution in [0.4, 0.5) is 4.79 Å². The van der Waals surface area contributed by atoms with E-state index in [4.69, 9.17) is 4.74 Å². The van der Waals surface area contributed by atoms with Crippen molar-refractivity contribution in [1.29, 1.82) is 0 Å². The third-order valence-electron chi connectivity index (χ3n) is 5.60. The van der Waals surface area contributed by atoms with E-state index in [1.807, 2.05) is 30.3 Å². The number of nitrogens with zero attached hydrogens (tertiary/aromatic N) is 1. The molecule has 0 saturated carbocycles. The summed E-state index contributed by atoms with van der Waals surface area (Å²) in [6.45, 7) is 6.49. The lowest BCUT2D eigenvalue weighted by Crippen LogP contribution is -2.44. The van der Waals surface area contributed by atoms with Crippen LogP contribution in [0.15, 0.2) is 30.3 Å². The number of aryl methyl sites for hydroxylation is 2. The number of amides is 3. The Balaban J connectivity index is 1.73. The molecule has 3 rings (SSSR count). The van der Waals surface area contributed by atoms with Crippen LogP contribution in [0.2, 0.25) is 0 Å². The highest BCUT2D eigenvalue weighted by molar-refractivity contribution is 6.11. The van der Waals surface area contributed by atoms with E-state index in [2.05, 4.69) is 10.3 Å². The fourth-order valence-electron chi connectivity index (χ4n) is 3.86. The van der Waals surface area contributed by atoms with Crippen molar-refractivity contribution in [3.8, 4) is 0 Å². The molecule has 0 unspecified atom stereocenters. The number of hydrogen-bond acceptors (Lipinski definition) is 5. The van der Waals surface area contributed by atoms with E-state index in [0.717, 1.165) is 10.5 Å². The molecule has 0 spiro atoms. The van der Waals surface area contributed by atoms with Crippen molar-refractivity contribution in [2.45, 2.75) is 46.1 Å². The molecular weight excluding hydrogens is 398 g/mol. The van der Waals surface area contributed by atoms with E-state index in [0.29, 0.717) is 29.7 Å². The molecule has 2 aromatic rings. The zero-order valence-electron chi connectivity index (χ0n) is 18.2. The van der Waals surface area contributed by atoms with Crippen molar-refractivity contribution in [2.75, 3.05) is 13.2 Å². The number of esters is 1. The number of urea groups is 1. The fraction of sp³-hybridized carbons (Fsp3) is 0.391. The van der Waals surface area contributed by atoms with Crippen molar-refractivity contribution in [1.82, 2.24) is 15.2 Å². The Labute approximate surface area is 181 Å². The number of H-pyrrole nitrogens is 1. The molecule has 1 saturated heterocycles. The SMILES string of the molecule is CCOC(=O)c1c(C)[nH]c(C(=O)CN2C(=O)N[C@@](C)(CCc3ccccc3)C2=O)c1C. The Morgan fingerprint density at radius 2 is 1.81 bits per heavy atom. The van der Waals surface area contributed by atoms with Gasteiger partial charge in [-0.1, -0.05) is 30.3 Å². The van der Waals surface area contributed by atoms with Gasteiger partial charge >= 0.3 is 12.0 Å². The van der Waals surface area contributed by atoms with Gasteiger partial charge in [-0.05, 0) is 51.7 Å². The maximum absolute atomic E-state index is 13.0. The highest BCUT2D eigenvalue weighted by atomic mass is 16.5. The Bertz CT molecular complexity index is 1030. The number of carbonyl (C=O) groups is 4. The number of aromatic nitrogens is 1. The summed E-state index contributed by atoms with van der Waals surface area (Å²) in [5.74, 6) is -1.41. The molecule has 0 aliphatic carbocycles. The largest absolute Gasteiger partial charge is 0.462 e. The number of ketones is 1. The standard InChI is InChI=1S/C23H27N3O5/c1-5-31-20(28)18-14(2)19(24-15(18)3)17(27)13-26-21(29)23(4,25-22(26)30)12-11-16-9-7-6-8-10-16/h6-10,24H,5,11-13H2,1-4H3,(H,25,30)/t23-/m0/s1. The third-order valence-corrected chi connectivity index (χ3v) is 5.60. The molecule has 1 aliphatic rings. The van der Waals surface area contributed by atoms with Gasteiger partial charge < -0.3 is 15.0 Å². The predicted molar refractivity (Wildman–Crippen MR) is 114 cm³/mol. The molecule has 1 aliphatic heterocycles. The van der Waals surface area contributed by atoms with Crippen LogP contribution >= 0.6 is 0 Å². The van der Waals surface area contributed by atoms with E-state index in [1.54, 1.807) is 27.7 Å². The number of ether oxygens (including phenoxy) is 1. The van der Waals surface area contributed by atoms with Crippen LogP contribution in [-0.4, -0.2) is 52.3 Å². The van der Waals surface area contributed by atoms with Gasteiger partial charge in [-0.3, -0.25) is 14.5 Å². The lowest BCUT2D eigenvalue weighted by atomic mass is 9.93. The zero-order chi connectivity index (χ0) is 22.8. The Kier molecular flexibility index (Phi) is 6.29. The van der Waals surface area contributed by atoms with Crippen LogP contribution < -0.4 is 5.32 Å². The lowest BCUT2D eigenvalue weighted by molar-refractivity contribution is -0.130. The van der Waals surface area contributed by atoms with Crippen molar-refractivity contribution in [3.05, 3.63) is 58.4 Å². The molecular formula is C23H27N3O5. The molecule has 0 bridgehead atoms. The second-order valence-corrected chi connectivity index (χ2v) is 7.91. The van der Waals surface area contributed by atoms with Crippen LogP contribution in [0.3, 0.4) is 0 Å². The highest BCUT2D eigenvalue weighted by Crippen LogP contribution is 2.25. The fourth-order valence-corrected chi connectivity index (χ4v) is 3.86. The topological polar surface area (TPSA) is 109 Å². The smallest absolute Gasteiger partial charge is 0.340 e. The molecule has 8 nitrogen and oxygen atoms in total. The molecule has 2 N–H and O–H groups in total. The Morgan fingerprint density at radius 3 is 2.45 bits per heavy atom. The zero-order valence-corrected chi connectivity index (χ0v) is 18.2. The summed E-state index contributed by atoms with van der Waals surface area (Å²) in [5, 5.41) is 2.72. The normalized spacial score (nSPS) is 18.3. The van der Waals surface area contributed by atoms with E-state index >= 15 is 0 Å². The third kappa shape index (κ3) is 4.38. The molecule has 31 heavy (non-hydrogen) atoms. The molecule has 1 aromatic heterocycles. The van der Waals surface area contributed by atoms with Crippen molar-refractivity contribution in [3.63, 3.8) is 0 Å². The first kappa shape index (κ1) is 22.3. The minimum absolute atomic E-state index is 0.194. The van der Waals surface area contributed by atoms with Gasteiger partial charge in [0.2, 0.25) is 0 Å². The summed E-state index contributed by atoms with van der Waals surface area (Å²) in [6, 6.07) is 9.08. The monoisotopic (exact) mass is 425 g/mol. The van der Waals surface area contributed by atoms with Gasteiger partial charge in [0.25, 0.3) is 5.91 Å². The van der Waals surface area contributed by atoms with Gasteiger partial charge in [-0.25, -0.2) is 9.59 Å². The number of carbonyl (C=O) groups excluding carboxylic acids is 4. The first-order chi connectivity index (χ1) is 14.7. The number of nitrogens with one attached hydrogen (secondary N) is 2. The first-order valence-electron chi connectivity index (χ1n) is 10.3. The summed E-state index contributed by atoms with van der Waals surface area (Å²) in [4.78, 5) is 54.4. The molecule has 0 radical (unpaired) electrons. The summed E-state index contributed by atoms with van der Waals surface area (Å²) in [6.07, 6.45) is 1.03.